The molecule has 2 heterocycles. The zero-order valence-corrected chi connectivity index (χ0v) is 18.2. The Balaban J connectivity index is 1.39. The molecule has 0 saturated carbocycles. The molecule has 7 nitrogen and oxygen atoms in total. The van der Waals surface area contributed by atoms with Crippen LogP contribution in [0.2, 0.25) is 0 Å². The lowest BCUT2D eigenvalue weighted by Crippen LogP contribution is -2.32. The lowest BCUT2D eigenvalue weighted by Gasteiger charge is -2.21. The van der Waals surface area contributed by atoms with Gasteiger partial charge < -0.3 is 21.3 Å². The van der Waals surface area contributed by atoms with Crippen LogP contribution in [0.5, 0.6) is 0 Å². The maximum atomic E-state index is 9.25. The van der Waals surface area contributed by atoms with Gasteiger partial charge in [0.25, 0.3) is 0 Å². The van der Waals surface area contributed by atoms with E-state index in [0.717, 1.165) is 42.8 Å². The highest BCUT2D eigenvalue weighted by molar-refractivity contribution is 5.91. The quantitative estimate of drug-likeness (QED) is 0.390. The van der Waals surface area contributed by atoms with Gasteiger partial charge in [-0.15, -0.1) is 0 Å². The SMILES string of the molecule is N#Cc1cc(N)cc(Nc2nc(N3CCC(NCc4ccccc4)C3)c3ccccc3n2)c1. The molecule has 1 aliphatic heterocycles. The first-order valence-corrected chi connectivity index (χ1v) is 11.0. The van der Waals surface area contributed by atoms with Gasteiger partial charge in [-0.1, -0.05) is 42.5 Å². The Morgan fingerprint density at radius 3 is 2.70 bits per heavy atom. The molecule has 4 N–H and O–H groups in total. The van der Waals surface area contributed by atoms with Crippen LogP contribution in [0.25, 0.3) is 10.9 Å². The second kappa shape index (κ2) is 9.15. The van der Waals surface area contributed by atoms with Crippen molar-refractivity contribution in [3.8, 4) is 6.07 Å². The van der Waals surface area contributed by atoms with Crippen LogP contribution >= 0.6 is 0 Å². The molecule has 3 aromatic carbocycles. The Kier molecular flexibility index (Phi) is 5.75. The number of nitrogen functional groups attached to an aromatic ring is 1. The van der Waals surface area contributed by atoms with Crippen molar-refractivity contribution in [2.24, 2.45) is 0 Å². The largest absolute Gasteiger partial charge is 0.399 e. The summed E-state index contributed by atoms with van der Waals surface area (Å²) in [6.07, 6.45) is 1.05. The highest BCUT2D eigenvalue weighted by Gasteiger charge is 2.25. The van der Waals surface area contributed by atoms with E-state index < -0.39 is 0 Å². The van der Waals surface area contributed by atoms with Gasteiger partial charge in [-0.25, -0.2) is 4.98 Å². The van der Waals surface area contributed by atoms with Crippen molar-refractivity contribution in [2.75, 3.05) is 29.0 Å². The van der Waals surface area contributed by atoms with Crippen LogP contribution in [0.3, 0.4) is 0 Å². The van der Waals surface area contributed by atoms with Crippen molar-refractivity contribution >= 4 is 34.0 Å². The van der Waals surface area contributed by atoms with Crippen LogP contribution in [0.4, 0.5) is 23.1 Å². The van der Waals surface area contributed by atoms with E-state index in [2.05, 4.69) is 51.9 Å². The summed E-state index contributed by atoms with van der Waals surface area (Å²) in [6, 6.07) is 26.2. The topological polar surface area (TPSA) is 103 Å². The monoisotopic (exact) mass is 435 g/mol. The van der Waals surface area contributed by atoms with E-state index in [4.69, 9.17) is 15.7 Å². The summed E-state index contributed by atoms with van der Waals surface area (Å²) >= 11 is 0. The molecule has 0 bridgehead atoms. The van der Waals surface area contributed by atoms with Crippen LogP contribution in [0.1, 0.15) is 17.5 Å². The van der Waals surface area contributed by atoms with Crippen molar-refractivity contribution < 1.29 is 0 Å². The number of nitrogens with zero attached hydrogens (tertiary/aromatic N) is 4. The highest BCUT2D eigenvalue weighted by Crippen LogP contribution is 2.29. The minimum atomic E-state index is 0.391. The van der Waals surface area contributed by atoms with Gasteiger partial charge >= 0.3 is 0 Å². The molecule has 1 saturated heterocycles. The van der Waals surface area contributed by atoms with Gasteiger partial charge in [0.2, 0.25) is 5.95 Å². The van der Waals surface area contributed by atoms with Crippen LogP contribution < -0.4 is 21.3 Å². The van der Waals surface area contributed by atoms with Gasteiger partial charge in [-0.2, -0.15) is 10.2 Å². The fourth-order valence-corrected chi connectivity index (χ4v) is 4.25. The molecule has 1 atom stereocenters. The lowest BCUT2D eigenvalue weighted by atomic mass is 10.2. The maximum Gasteiger partial charge on any atom is 0.229 e. The summed E-state index contributed by atoms with van der Waals surface area (Å²) in [5.41, 5.74) is 9.80. The number of nitrogens with two attached hydrogens (primary N) is 1. The number of rotatable bonds is 6. The summed E-state index contributed by atoms with van der Waals surface area (Å²) in [7, 11) is 0. The Bertz CT molecular complexity index is 1310. The first-order chi connectivity index (χ1) is 16.2. The molecule has 1 fully saturated rings. The Labute approximate surface area is 192 Å². The van der Waals surface area contributed by atoms with Gasteiger partial charge in [0, 0.05) is 42.4 Å². The minimum Gasteiger partial charge on any atom is -0.399 e. The Morgan fingerprint density at radius 2 is 1.85 bits per heavy atom. The second-order valence-electron chi connectivity index (χ2n) is 8.27. The predicted molar refractivity (Wildman–Crippen MR) is 132 cm³/mol. The smallest absolute Gasteiger partial charge is 0.229 e. The van der Waals surface area contributed by atoms with Crippen molar-refractivity contribution in [3.63, 3.8) is 0 Å². The molecule has 0 amide bonds. The molecule has 7 heteroatoms. The molecule has 0 aliphatic carbocycles. The maximum absolute atomic E-state index is 9.25. The van der Waals surface area contributed by atoms with Crippen molar-refractivity contribution in [1.82, 2.24) is 15.3 Å². The number of benzene rings is 3. The number of hydrogen-bond donors (Lipinski definition) is 3. The third-order valence-electron chi connectivity index (χ3n) is 5.85. The first-order valence-electron chi connectivity index (χ1n) is 11.0. The summed E-state index contributed by atoms with van der Waals surface area (Å²) in [5, 5.41) is 17.2. The van der Waals surface area contributed by atoms with Crippen molar-refractivity contribution in [2.45, 2.75) is 19.0 Å². The molecule has 4 aromatic rings. The normalized spacial score (nSPS) is 15.5. The minimum absolute atomic E-state index is 0.391. The molecule has 1 aromatic heterocycles. The number of para-hydroxylation sites is 1. The third kappa shape index (κ3) is 4.71. The number of fused-ring (bicyclic) bond motifs is 1. The standard InChI is InChI=1S/C26H25N7/c27-15-19-12-20(28)14-22(13-19)30-26-31-24-9-5-4-8-23(24)25(32-26)33-11-10-21(17-33)29-16-18-6-2-1-3-7-18/h1-9,12-14,21,29H,10-11,16-17,28H2,(H,30,31,32). The fourth-order valence-electron chi connectivity index (χ4n) is 4.25. The van der Waals surface area contributed by atoms with E-state index in [1.165, 1.54) is 5.56 Å². The van der Waals surface area contributed by atoms with Gasteiger partial charge in [0.15, 0.2) is 0 Å². The van der Waals surface area contributed by atoms with Gasteiger partial charge in [0.1, 0.15) is 5.82 Å². The van der Waals surface area contributed by atoms with Crippen molar-refractivity contribution in [1.29, 1.82) is 5.26 Å². The van der Waals surface area contributed by atoms with Gasteiger partial charge in [-0.05, 0) is 42.3 Å². The number of hydrogen-bond acceptors (Lipinski definition) is 7. The predicted octanol–water partition coefficient (Wildman–Crippen LogP) is 4.20. The number of anilines is 4. The molecular formula is C26H25N7. The Morgan fingerprint density at radius 1 is 1.03 bits per heavy atom. The molecule has 33 heavy (non-hydrogen) atoms. The van der Waals surface area contributed by atoms with Crippen molar-refractivity contribution in [3.05, 3.63) is 83.9 Å². The molecule has 1 unspecified atom stereocenters. The fraction of sp³-hybridized carbons (Fsp3) is 0.192. The zero-order valence-electron chi connectivity index (χ0n) is 18.2. The van der Waals surface area contributed by atoms with E-state index in [9.17, 15) is 5.26 Å². The number of aromatic nitrogens is 2. The van der Waals surface area contributed by atoms with Crippen LogP contribution in [0, 0.1) is 11.3 Å². The number of nitrogens with one attached hydrogen (secondary N) is 2. The van der Waals surface area contributed by atoms with E-state index in [1.807, 2.05) is 24.3 Å². The van der Waals surface area contributed by atoms with Crippen LogP contribution in [0.15, 0.2) is 72.8 Å². The lowest BCUT2D eigenvalue weighted by molar-refractivity contribution is 0.551. The zero-order chi connectivity index (χ0) is 22.6. The average molecular weight is 436 g/mol. The molecule has 5 rings (SSSR count). The molecular weight excluding hydrogens is 410 g/mol. The average Bonchev–Trinajstić information content (AvgIpc) is 3.31. The van der Waals surface area contributed by atoms with Crippen LogP contribution in [-0.4, -0.2) is 29.1 Å². The summed E-state index contributed by atoms with van der Waals surface area (Å²) < 4.78 is 0. The van der Waals surface area contributed by atoms with E-state index in [1.54, 1.807) is 18.2 Å². The second-order valence-corrected chi connectivity index (χ2v) is 8.27. The van der Waals surface area contributed by atoms with E-state index in [0.29, 0.717) is 28.9 Å². The third-order valence-corrected chi connectivity index (χ3v) is 5.85. The first kappa shape index (κ1) is 20.7. The highest BCUT2D eigenvalue weighted by atomic mass is 15.3. The molecule has 0 radical (unpaired) electrons. The molecule has 164 valence electrons. The summed E-state index contributed by atoms with van der Waals surface area (Å²) in [4.78, 5) is 11.9. The van der Waals surface area contributed by atoms with E-state index >= 15 is 0 Å². The summed E-state index contributed by atoms with van der Waals surface area (Å²) in [5.74, 6) is 1.40. The van der Waals surface area contributed by atoms with Gasteiger partial charge in [0.05, 0.1) is 17.1 Å². The van der Waals surface area contributed by atoms with Gasteiger partial charge in [-0.3, -0.25) is 0 Å². The number of nitriles is 1. The van der Waals surface area contributed by atoms with E-state index in [-0.39, 0.29) is 0 Å². The molecule has 1 aliphatic rings. The summed E-state index contributed by atoms with van der Waals surface area (Å²) in [6.45, 7) is 2.65. The molecule has 0 spiro atoms. The Hall–Kier alpha value is -4.15. The van der Waals surface area contributed by atoms with Crippen LogP contribution in [-0.2, 0) is 6.54 Å².